The first kappa shape index (κ1) is 13.4. The van der Waals surface area contributed by atoms with Crippen molar-refractivity contribution in [2.24, 2.45) is 11.7 Å². The number of nitrogens with zero attached hydrogens (tertiary/aromatic N) is 1. The number of rotatable bonds is 3. The Morgan fingerprint density at radius 3 is 2.84 bits per heavy atom. The second-order valence-electron chi connectivity index (χ2n) is 4.50. The molecule has 0 saturated heterocycles. The summed E-state index contributed by atoms with van der Waals surface area (Å²) in [6.07, 6.45) is -1.05. The Kier molecular flexibility index (Phi) is 3.71. The highest BCUT2D eigenvalue weighted by atomic mass is 16.5. The van der Waals surface area contributed by atoms with E-state index in [1.807, 2.05) is 0 Å². The molecule has 0 spiro atoms. The zero-order chi connectivity index (χ0) is 14.0. The molecule has 1 aromatic carbocycles. The SMILES string of the molecule is CC(CN)C(=O)N1CC(C(=O)O)Oc2ccccc21. The number of carboxylic acid groups (broad SMARTS) is 1. The quantitative estimate of drug-likeness (QED) is 0.827. The third-order valence-electron chi connectivity index (χ3n) is 3.09. The van der Waals surface area contributed by atoms with Gasteiger partial charge in [0.05, 0.1) is 12.2 Å². The number of nitrogens with two attached hydrogens (primary N) is 1. The molecule has 0 saturated carbocycles. The maximum Gasteiger partial charge on any atom is 0.346 e. The van der Waals surface area contributed by atoms with Gasteiger partial charge in [-0.2, -0.15) is 0 Å². The van der Waals surface area contributed by atoms with E-state index in [0.29, 0.717) is 11.4 Å². The van der Waals surface area contributed by atoms with E-state index in [4.69, 9.17) is 15.6 Å². The molecule has 1 amide bonds. The van der Waals surface area contributed by atoms with Crippen LogP contribution in [0, 0.1) is 5.92 Å². The first-order chi connectivity index (χ1) is 9.04. The molecule has 0 aliphatic carbocycles. The summed E-state index contributed by atoms with van der Waals surface area (Å²) in [7, 11) is 0. The van der Waals surface area contributed by atoms with Crippen LogP contribution in [0.1, 0.15) is 6.92 Å². The highest BCUT2D eigenvalue weighted by molar-refractivity contribution is 5.98. The molecular weight excluding hydrogens is 248 g/mol. The maximum atomic E-state index is 12.3. The van der Waals surface area contributed by atoms with Crippen LogP contribution < -0.4 is 15.4 Å². The Morgan fingerprint density at radius 2 is 2.21 bits per heavy atom. The van der Waals surface area contributed by atoms with Crippen molar-refractivity contribution in [3.8, 4) is 5.75 Å². The standard InChI is InChI=1S/C13H16N2O4/c1-8(6-14)12(16)15-7-11(13(17)18)19-10-5-3-2-4-9(10)15/h2-5,8,11H,6-7,14H2,1H3,(H,17,18). The minimum absolute atomic E-state index is 0.00444. The van der Waals surface area contributed by atoms with Crippen LogP contribution >= 0.6 is 0 Å². The van der Waals surface area contributed by atoms with E-state index in [1.165, 1.54) is 4.90 Å². The number of carbonyl (C=O) groups is 2. The lowest BCUT2D eigenvalue weighted by Crippen LogP contribution is -2.49. The van der Waals surface area contributed by atoms with Gasteiger partial charge < -0.3 is 20.5 Å². The number of hydrogen-bond acceptors (Lipinski definition) is 4. The molecule has 1 aromatic rings. The van der Waals surface area contributed by atoms with E-state index in [9.17, 15) is 9.59 Å². The molecule has 6 heteroatoms. The Hall–Kier alpha value is -2.08. The summed E-state index contributed by atoms with van der Waals surface area (Å²) in [5, 5.41) is 9.07. The summed E-state index contributed by atoms with van der Waals surface area (Å²) in [4.78, 5) is 24.8. The smallest absolute Gasteiger partial charge is 0.346 e. The van der Waals surface area contributed by atoms with Crippen molar-refractivity contribution in [1.82, 2.24) is 0 Å². The van der Waals surface area contributed by atoms with Gasteiger partial charge in [0.2, 0.25) is 12.0 Å². The lowest BCUT2D eigenvalue weighted by molar-refractivity contribution is -0.145. The van der Waals surface area contributed by atoms with Gasteiger partial charge in [0, 0.05) is 12.5 Å². The van der Waals surface area contributed by atoms with Crippen molar-refractivity contribution in [2.75, 3.05) is 18.0 Å². The molecule has 1 aliphatic rings. The third kappa shape index (κ3) is 2.53. The molecule has 0 bridgehead atoms. The van der Waals surface area contributed by atoms with Crippen molar-refractivity contribution in [1.29, 1.82) is 0 Å². The average molecular weight is 264 g/mol. The monoisotopic (exact) mass is 264 g/mol. The molecule has 2 rings (SSSR count). The number of fused-ring (bicyclic) bond motifs is 1. The zero-order valence-corrected chi connectivity index (χ0v) is 10.6. The first-order valence-corrected chi connectivity index (χ1v) is 6.04. The fraction of sp³-hybridized carbons (Fsp3) is 0.385. The molecule has 102 valence electrons. The molecule has 19 heavy (non-hydrogen) atoms. The van der Waals surface area contributed by atoms with E-state index in [0.717, 1.165) is 0 Å². The predicted molar refractivity (Wildman–Crippen MR) is 69.1 cm³/mol. The van der Waals surface area contributed by atoms with Gasteiger partial charge in [-0.15, -0.1) is 0 Å². The van der Waals surface area contributed by atoms with E-state index in [2.05, 4.69) is 0 Å². The van der Waals surface area contributed by atoms with Gasteiger partial charge in [0.1, 0.15) is 5.75 Å². The van der Waals surface area contributed by atoms with Crippen molar-refractivity contribution in [3.05, 3.63) is 24.3 Å². The molecule has 1 aliphatic heterocycles. The largest absolute Gasteiger partial charge is 0.478 e. The molecule has 0 fully saturated rings. The first-order valence-electron chi connectivity index (χ1n) is 6.04. The fourth-order valence-electron chi connectivity index (χ4n) is 1.94. The highest BCUT2D eigenvalue weighted by Crippen LogP contribution is 2.33. The number of para-hydroxylation sites is 2. The van der Waals surface area contributed by atoms with Gasteiger partial charge in [-0.1, -0.05) is 19.1 Å². The average Bonchev–Trinajstić information content (AvgIpc) is 2.44. The summed E-state index contributed by atoms with van der Waals surface area (Å²) in [6, 6.07) is 6.89. The van der Waals surface area contributed by atoms with Crippen LogP contribution in [0.5, 0.6) is 5.75 Å². The normalized spacial score (nSPS) is 19.3. The number of carboxylic acids is 1. The van der Waals surface area contributed by atoms with Crippen LogP contribution in [0.4, 0.5) is 5.69 Å². The number of benzene rings is 1. The Labute approximate surface area is 110 Å². The minimum Gasteiger partial charge on any atom is -0.478 e. The third-order valence-corrected chi connectivity index (χ3v) is 3.09. The molecule has 3 N–H and O–H groups in total. The topological polar surface area (TPSA) is 92.9 Å². The summed E-state index contributed by atoms with van der Waals surface area (Å²) in [5.74, 6) is -1.24. The summed E-state index contributed by atoms with van der Waals surface area (Å²) < 4.78 is 5.36. The molecule has 2 atom stereocenters. The molecule has 2 unspecified atom stereocenters. The van der Waals surface area contributed by atoms with E-state index >= 15 is 0 Å². The molecule has 1 heterocycles. The van der Waals surface area contributed by atoms with Gasteiger partial charge in [-0.25, -0.2) is 4.79 Å². The number of carbonyl (C=O) groups excluding carboxylic acids is 1. The second-order valence-corrected chi connectivity index (χ2v) is 4.50. The number of anilines is 1. The number of amides is 1. The lowest BCUT2D eigenvalue weighted by atomic mass is 10.1. The van der Waals surface area contributed by atoms with Crippen molar-refractivity contribution in [2.45, 2.75) is 13.0 Å². The number of ether oxygens (including phenoxy) is 1. The lowest BCUT2D eigenvalue weighted by Gasteiger charge is -2.34. The molecular formula is C13H16N2O4. The second kappa shape index (κ2) is 5.27. The van der Waals surface area contributed by atoms with Crippen LogP contribution in [0.2, 0.25) is 0 Å². The van der Waals surface area contributed by atoms with Crippen LogP contribution in [0.25, 0.3) is 0 Å². The van der Waals surface area contributed by atoms with Gasteiger partial charge in [0.15, 0.2) is 0 Å². The van der Waals surface area contributed by atoms with Gasteiger partial charge in [-0.3, -0.25) is 4.79 Å². The summed E-state index contributed by atoms with van der Waals surface area (Å²) in [5.41, 5.74) is 6.09. The Bertz CT molecular complexity index is 503. The van der Waals surface area contributed by atoms with Gasteiger partial charge >= 0.3 is 5.97 Å². The summed E-state index contributed by atoms with van der Waals surface area (Å²) >= 11 is 0. The van der Waals surface area contributed by atoms with Crippen molar-refractivity contribution in [3.63, 3.8) is 0 Å². The number of hydrogen-bond donors (Lipinski definition) is 2. The molecule has 0 aromatic heterocycles. The van der Waals surface area contributed by atoms with E-state index in [1.54, 1.807) is 31.2 Å². The van der Waals surface area contributed by atoms with Crippen LogP contribution in [0.15, 0.2) is 24.3 Å². The van der Waals surface area contributed by atoms with Crippen LogP contribution in [0.3, 0.4) is 0 Å². The minimum atomic E-state index is -1.09. The van der Waals surface area contributed by atoms with Crippen LogP contribution in [-0.4, -0.2) is 36.2 Å². The predicted octanol–water partition coefficient (Wildman–Crippen LogP) is 0.460. The van der Waals surface area contributed by atoms with E-state index in [-0.39, 0.29) is 24.9 Å². The van der Waals surface area contributed by atoms with Crippen molar-refractivity contribution < 1.29 is 19.4 Å². The van der Waals surface area contributed by atoms with E-state index < -0.39 is 12.1 Å². The summed E-state index contributed by atoms with van der Waals surface area (Å²) in [6.45, 7) is 1.93. The maximum absolute atomic E-state index is 12.3. The fourth-order valence-corrected chi connectivity index (χ4v) is 1.94. The number of aliphatic carboxylic acids is 1. The Balaban J connectivity index is 2.36. The molecule has 0 radical (unpaired) electrons. The van der Waals surface area contributed by atoms with Crippen molar-refractivity contribution >= 4 is 17.6 Å². The zero-order valence-electron chi connectivity index (χ0n) is 10.6. The van der Waals surface area contributed by atoms with Gasteiger partial charge in [-0.05, 0) is 12.1 Å². The molecule has 6 nitrogen and oxygen atoms in total. The Morgan fingerprint density at radius 1 is 1.53 bits per heavy atom. The highest BCUT2D eigenvalue weighted by Gasteiger charge is 2.34. The van der Waals surface area contributed by atoms with Gasteiger partial charge in [0.25, 0.3) is 0 Å². The van der Waals surface area contributed by atoms with Crippen LogP contribution in [-0.2, 0) is 9.59 Å².